The lowest BCUT2D eigenvalue weighted by molar-refractivity contribution is -0.139. The molecule has 26 heavy (non-hydrogen) atoms. The molecule has 3 atom stereocenters. The first-order valence-corrected chi connectivity index (χ1v) is 9.02. The van der Waals surface area contributed by atoms with E-state index in [9.17, 15) is 14.4 Å². The molecule has 2 aliphatic heterocycles. The van der Waals surface area contributed by atoms with E-state index in [0.29, 0.717) is 31.7 Å². The van der Waals surface area contributed by atoms with Gasteiger partial charge in [-0.25, -0.2) is 4.98 Å². The van der Waals surface area contributed by atoms with Gasteiger partial charge in [0.1, 0.15) is 11.7 Å². The van der Waals surface area contributed by atoms with E-state index in [2.05, 4.69) is 9.97 Å². The van der Waals surface area contributed by atoms with Gasteiger partial charge in [-0.3, -0.25) is 14.4 Å². The normalized spacial score (nSPS) is 26.2. The lowest BCUT2D eigenvalue weighted by atomic mass is 9.83. The number of rotatable bonds is 5. The summed E-state index contributed by atoms with van der Waals surface area (Å²) in [5.74, 6) is -2.26. The van der Waals surface area contributed by atoms with Crippen molar-refractivity contribution in [1.29, 1.82) is 0 Å². The number of hydrogen-bond acceptors (Lipinski definition) is 5. The van der Waals surface area contributed by atoms with E-state index >= 15 is 0 Å². The topological polar surface area (TPSA) is 92.4 Å². The van der Waals surface area contributed by atoms with Gasteiger partial charge >= 0.3 is 0 Å². The van der Waals surface area contributed by atoms with Crippen LogP contribution in [0, 0.1) is 11.8 Å². The summed E-state index contributed by atoms with van der Waals surface area (Å²) >= 11 is 0. The number of Topliss-reactive ketones (excluding diaryl/α,β-unsaturated/α-hetero) is 2. The second-order valence-electron chi connectivity index (χ2n) is 6.95. The molecule has 7 heteroatoms. The van der Waals surface area contributed by atoms with Crippen molar-refractivity contribution >= 4 is 34.2 Å². The standard InChI is InChI=1S/C19H21N3O4/c1-2-3-15(23)16-17(11-6-7-26-9-11)22(19(25)18(16)24)12-4-5-13-14(8-12)21-10-20-13/h4-5,8,10-11,16-17H,2-3,6-7,9H2,1H3,(H,20,21). The second-order valence-corrected chi connectivity index (χ2v) is 6.95. The van der Waals surface area contributed by atoms with Gasteiger partial charge in [-0.15, -0.1) is 0 Å². The van der Waals surface area contributed by atoms with Gasteiger partial charge in [0.2, 0.25) is 5.78 Å². The number of anilines is 1. The molecule has 2 fully saturated rings. The summed E-state index contributed by atoms with van der Waals surface area (Å²) in [6.45, 7) is 2.95. The maximum absolute atomic E-state index is 12.8. The van der Waals surface area contributed by atoms with E-state index in [1.54, 1.807) is 12.4 Å². The molecule has 2 aliphatic rings. The number of H-pyrrole nitrogens is 1. The van der Waals surface area contributed by atoms with E-state index < -0.39 is 23.7 Å². The smallest absolute Gasteiger partial charge is 0.295 e. The SMILES string of the molecule is CCCC(=O)C1C(=O)C(=O)N(c2ccc3nc[nH]c3c2)C1C1CCOC1. The van der Waals surface area contributed by atoms with Crippen LogP contribution in [-0.4, -0.2) is 46.7 Å². The Hall–Kier alpha value is -2.54. The maximum atomic E-state index is 12.8. The van der Waals surface area contributed by atoms with Crippen LogP contribution in [-0.2, 0) is 19.1 Å². The molecule has 7 nitrogen and oxygen atoms in total. The van der Waals surface area contributed by atoms with Crippen LogP contribution in [0.4, 0.5) is 5.69 Å². The minimum absolute atomic E-state index is 0.0198. The van der Waals surface area contributed by atoms with Gasteiger partial charge in [0.15, 0.2) is 0 Å². The van der Waals surface area contributed by atoms with Crippen molar-refractivity contribution in [3.05, 3.63) is 24.5 Å². The van der Waals surface area contributed by atoms with Crippen LogP contribution >= 0.6 is 0 Å². The van der Waals surface area contributed by atoms with E-state index in [-0.39, 0.29) is 11.7 Å². The third kappa shape index (κ3) is 2.63. The number of carbonyl (C=O) groups excluding carboxylic acids is 3. The Labute approximate surface area is 150 Å². The van der Waals surface area contributed by atoms with Crippen LogP contribution in [0.5, 0.6) is 0 Å². The van der Waals surface area contributed by atoms with Gasteiger partial charge in [-0.1, -0.05) is 6.92 Å². The zero-order chi connectivity index (χ0) is 18.3. The van der Waals surface area contributed by atoms with Crippen LogP contribution in [0.15, 0.2) is 24.5 Å². The molecule has 2 aromatic rings. The van der Waals surface area contributed by atoms with E-state index in [4.69, 9.17) is 4.74 Å². The second kappa shape index (κ2) is 6.64. The van der Waals surface area contributed by atoms with Crippen molar-refractivity contribution in [3.8, 4) is 0 Å². The molecule has 1 aromatic carbocycles. The van der Waals surface area contributed by atoms with Crippen molar-refractivity contribution in [2.45, 2.75) is 32.2 Å². The molecule has 0 spiro atoms. The molecule has 1 N–H and O–H groups in total. The van der Waals surface area contributed by atoms with Crippen LogP contribution in [0.3, 0.4) is 0 Å². The predicted molar refractivity (Wildman–Crippen MR) is 94.7 cm³/mol. The number of ketones is 2. The third-order valence-electron chi connectivity index (χ3n) is 5.32. The van der Waals surface area contributed by atoms with Gasteiger partial charge in [-0.05, 0) is 31.0 Å². The van der Waals surface area contributed by atoms with Crippen molar-refractivity contribution in [1.82, 2.24) is 9.97 Å². The first kappa shape index (κ1) is 16.9. The number of hydrogen-bond donors (Lipinski definition) is 1. The monoisotopic (exact) mass is 355 g/mol. The summed E-state index contributed by atoms with van der Waals surface area (Å²) in [5, 5.41) is 0. The fourth-order valence-corrected chi connectivity index (χ4v) is 4.10. The Morgan fingerprint density at radius 3 is 2.96 bits per heavy atom. The summed E-state index contributed by atoms with van der Waals surface area (Å²) < 4.78 is 5.49. The van der Waals surface area contributed by atoms with Crippen molar-refractivity contribution in [2.75, 3.05) is 18.1 Å². The highest BCUT2D eigenvalue weighted by Gasteiger charge is 2.54. The summed E-state index contributed by atoms with van der Waals surface area (Å²) in [7, 11) is 0. The highest BCUT2D eigenvalue weighted by molar-refractivity contribution is 6.48. The minimum Gasteiger partial charge on any atom is -0.381 e. The summed E-state index contributed by atoms with van der Waals surface area (Å²) in [6.07, 6.45) is 3.29. The lowest BCUT2D eigenvalue weighted by Crippen LogP contribution is -2.43. The Bertz CT molecular complexity index is 869. The number of fused-ring (bicyclic) bond motifs is 1. The molecule has 1 amide bonds. The zero-order valence-electron chi connectivity index (χ0n) is 14.6. The minimum atomic E-state index is -0.897. The largest absolute Gasteiger partial charge is 0.381 e. The summed E-state index contributed by atoms with van der Waals surface area (Å²) in [5.41, 5.74) is 2.18. The maximum Gasteiger partial charge on any atom is 0.295 e. The van der Waals surface area contributed by atoms with Gasteiger partial charge in [0, 0.05) is 24.6 Å². The predicted octanol–water partition coefficient (Wildman–Crippen LogP) is 1.87. The number of aromatic amines is 1. The van der Waals surface area contributed by atoms with Gasteiger partial charge < -0.3 is 14.6 Å². The Kier molecular flexibility index (Phi) is 4.32. The summed E-state index contributed by atoms with van der Waals surface area (Å²) in [4.78, 5) is 46.9. The fraction of sp³-hybridized carbons (Fsp3) is 0.474. The number of nitrogens with one attached hydrogen (secondary N) is 1. The Morgan fingerprint density at radius 2 is 2.23 bits per heavy atom. The van der Waals surface area contributed by atoms with E-state index in [0.717, 1.165) is 17.5 Å². The molecule has 3 heterocycles. The Morgan fingerprint density at radius 1 is 1.38 bits per heavy atom. The molecule has 2 saturated heterocycles. The molecule has 0 radical (unpaired) electrons. The molecular formula is C19H21N3O4. The van der Waals surface area contributed by atoms with Crippen molar-refractivity contribution < 1.29 is 19.1 Å². The van der Waals surface area contributed by atoms with Gasteiger partial charge in [0.05, 0.1) is 30.0 Å². The first-order valence-electron chi connectivity index (χ1n) is 9.02. The highest BCUT2D eigenvalue weighted by Crippen LogP contribution is 2.38. The highest BCUT2D eigenvalue weighted by atomic mass is 16.5. The van der Waals surface area contributed by atoms with E-state index in [1.165, 1.54) is 4.90 Å². The van der Waals surface area contributed by atoms with Crippen molar-refractivity contribution in [3.63, 3.8) is 0 Å². The number of ether oxygens (including phenoxy) is 1. The van der Waals surface area contributed by atoms with Gasteiger partial charge in [-0.2, -0.15) is 0 Å². The van der Waals surface area contributed by atoms with E-state index in [1.807, 2.05) is 19.1 Å². The number of nitrogens with zero attached hydrogens (tertiary/aromatic N) is 2. The lowest BCUT2D eigenvalue weighted by Gasteiger charge is -2.30. The first-order chi connectivity index (χ1) is 12.6. The number of imidazole rings is 1. The van der Waals surface area contributed by atoms with Crippen molar-refractivity contribution in [2.24, 2.45) is 11.8 Å². The quantitative estimate of drug-likeness (QED) is 0.653. The third-order valence-corrected chi connectivity index (χ3v) is 5.32. The molecular weight excluding hydrogens is 334 g/mol. The fourth-order valence-electron chi connectivity index (χ4n) is 4.10. The van der Waals surface area contributed by atoms with Crippen LogP contribution in [0.25, 0.3) is 11.0 Å². The Balaban J connectivity index is 1.78. The average molecular weight is 355 g/mol. The van der Waals surface area contributed by atoms with Crippen LogP contribution in [0.2, 0.25) is 0 Å². The molecule has 3 unspecified atom stereocenters. The number of aromatic nitrogens is 2. The molecule has 0 saturated carbocycles. The molecule has 4 rings (SSSR count). The number of benzene rings is 1. The number of carbonyl (C=O) groups is 3. The van der Waals surface area contributed by atoms with Crippen LogP contribution in [0.1, 0.15) is 26.2 Å². The average Bonchev–Trinajstić information content (AvgIpc) is 3.35. The molecule has 136 valence electrons. The number of amides is 1. The van der Waals surface area contributed by atoms with Gasteiger partial charge in [0.25, 0.3) is 5.91 Å². The molecule has 0 aliphatic carbocycles. The zero-order valence-corrected chi connectivity index (χ0v) is 14.6. The molecule has 1 aromatic heterocycles. The summed E-state index contributed by atoms with van der Waals surface area (Å²) in [6, 6.07) is 4.92. The van der Waals surface area contributed by atoms with Crippen LogP contribution < -0.4 is 4.90 Å². The molecule has 0 bridgehead atoms.